The number of carbonyl (C=O) groups excluding carboxylic acids is 1. The van der Waals surface area contributed by atoms with Crippen molar-refractivity contribution in [2.75, 3.05) is 19.6 Å². The molecule has 3 heterocycles. The largest absolute Gasteiger partial charge is 0.463 e. The van der Waals surface area contributed by atoms with Crippen molar-refractivity contribution < 1.29 is 9.21 Å². The van der Waals surface area contributed by atoms with Crippen molar-refractivity contribution in [3.8, 4) is 17.1 Å². The fraction of sp³-hybridized carbons (Fsp3) is 0.263. The molecule has 1 aliphatic heterocycles. The van der Waals surface area contributed by atoms with Crippen molar-refractivity contribution in [3.63, 3.8) is 0 Å². The lowest BCUT2D eigenvalue weighted by Gasteiger charge is -2.17. The fourth-order valence-electron chi connectivity index (χ4n) is 3.22. The van der Waals surface area contributed by atoms with E-state index >= 15 is 0 Å². The SMILES string of the molecule is NCC1CCN(C(=O)c2cc(-c3ccco3)nn2-c2ccccc2)C1. The van der Waals surface area contributed by atoms with Crippen LogP contribution in [0.2, 0.25) is 0 Å². The molecule has 1 aliphatic rings. The third-order valence-electron chi connectivity index (χ3n) is 4.61. The van der Waals surface area contributed by atoms with Gasteiger partial charge >= 0.3 is 0 Å². The van der Waals surface area contributed by atoms with Gasteiger partial charge in [-0.1, -0.05) is 18.2 Å². The summed E-state index contributed by atoms with van der Waals surface area (Å²) >= 11 is 0. The van der Waals surface area contributed by atoms with Gasteiger partial charge in [0.05, 0.1) is 12.0 Å². The van der Waals surface area contributed by atoms with E-state index in [9.17, 15) is 4.79 Å². The Morgan fingerprint density at radius 1 is 1.24 bits per heavy atom. The van der Waals surface area contributed by atoms with Crippen LogP contribution in [0.25, 0.3) is 17.1 Å². The highest BCUT2D eigenvalue weighted by Crippen LogP contribution is 2.25. The molecule has 0 spiro atoms. The average molecular weight is 336 g/mol. The predicted octanol–water partition coefficient (Wildman–Crippen LogP) is 2.55. The van der Waals surface area contributed by atoms with Crippen molar-refractivity contribution in [2.24, 2.45) is 11.7 Å². The van der Waals surface area contributed by atoms with Crippen LogP contribution >= 0.6 is 0 Å². The van der Waals surface area contributed by atoms with Gasteiger partial charge < -0.3 is 15.1 Å². The summed E-state index contributed by atoms with van der Waals surface area (Å²) in [7, 11) is 0. The second-order valence-electron chi connectivity index (χ2n) is 6.28. The number of hydrogen-bond donors (Lipinski definition) is 1. The van der Waals surface area contributed by atoms with Crippen LogP contribution in [0, 0.1) is 5.92 Å². The summed E-state index contributed by atoms with van der Waals surface area (Å²) in [5.41, 5.74) is 7.78. The van der Waals surface area contributed by atoms with Gasteiger partial charge in [0.1, 0.15) is 11.4 Å². The lowest BCUT2D eigenvalue weighted by Crippen LogP contribution is -2.31. The first-order valence-electron chi connectivity index (χ1n) is 8.45. The van der Waals surface area contributed by atoms with Crippen LogP contribution in [0.3, 0.4) is 0 Å². The molecule has 6 heteroatoms. The van der Waals surface area contributed by atoms with Crippen molar-refractivity contribution in [1.29, 1.82) is 0 Å². The number of nitrogens with zero attached hydrogens (tertiary/aromatic N) is 3. The molecule has 25 heavy (non-hydrogen) atoms. The fourth-order valence-corrected chi connectivity index (χ4v) is 3.22. The highest BCUT2D eigenvalue weighted by Gasteiger charge is 2.29. The summed E-state index contributed by atoms with van der Waals surface area (Å²) in [6.07, 6.45) is 2.55. The molecule has 0 aliphatic carbocycles. The van der Waals surface area contributed by atoms with Crippen LogP contribution in [-0.2, 0) is 0 Å². The predicted molar refractivity (Wildman–Crippen MR) is 94.3 cm³/mol. The lowest BCUT2D eigenvalue weighted by atomic mass is 10.1. The number of para-hydroxylation sites is 1. The van der Waals surface area contributed by atoms with E-state index in [0.717, 1.165) is 18.7 Å². The third kappa shape index (κ3) is 2.96. The zero-order valence-corrected chi connectivity index (χ0v) is 13.8. The molecular weight excluding hydrogens is 316 g/mol. The van der Waals surface area contributed by atoms with Gasteiger partial charge in [-0.15, -0.1) is 0 Å². The molecule has 0 radical (unpaired) electrons. The number of likely N-dealkylation sites (tertiary alicyclic amines) is 1. The topological polar surface area (TPSA) is 77.3 Å². The summed E-state index contributed by atoms with van der Waals surface area (Å²) in [6, 6.07) is 15.1. The third-order valence-corrected chi connectivity index (χ3v) is 4.61. The maximum atomic E-state index is 13.1. The van der Waals surface area contributed by atoms with E-state index in [2.05, 4.69) is 5.10 Å². The molecule has 4 rings (SSSR count). The minimum Gasteiger partial charge on any atom is -0.463 e. The van der Waals surface area contributed by atoms with Crippen LogP contribution < -0.4 is 5.73 Å². The van der Waals surface area contributed by atoms with Gasteiger partial charge in [-0.05, 0) is 43.1 Å². The lowest BCUT2D eigenvalue weighted by molar-refractivity contribution is 0.0778. The molecular formula is C19H20N4O2. The number of carbonyl (C=O) groups is 1. The van der Waals surface area contributed by atoms with E-state index in [1.165, 1.54) is 0 Å². The van der Waals surface area contributed by atoms with Gasteiger partial charge in [-0.2, -0.15) is 5.10 Å². The number of nitrogens with two attached hydrogens (primary N) is 1. The van der Waals surface area contributed by atoms with Crippen LogP contribution in [-0.4, -0.2) is 40.2 Å². The van der Waals surface area contributed by atoms with E-state index in [1.54, 1.807) is 17.0 Å². The Labute approximate surface area is 145 Å². The Bertz CT molecular complexity index is 855. The molecule has 0 saturated carbocycles. The van der Waals surface area contributed by atoms with Crippen LogP contribution in [0.4, 0.5) is 0 Å². The first-order valence-corrected chi connectivity index (χ1v) is 8.45. The monoisotopic (exact) mass is 336 g/mol. The number of amides is 1. The zero-order valence-electron chi connectivity index (χ0n) is 13.8. The molecule has 1 fully saturated rings. The van der Waals surface area contributed by atoms with Gasteiger partial charge in [0.15, 0.2) is 5.76 Å². The Kier molecular flexibility index (Phi) is 4.11. The van der Waals surface area contributed by atoms with Gasteiger partial charge in [0.25, 0.3) is 5.91 Å². The maximum absolute atomic E-state index is 13.1. The molecule has 1 unspecified atom stereocenters. The normalized spacial score (nSPS) is 17.2. The Hall–Kier alpha value is -2.86. The van der Waals surface area contributed by atoms with E-state index in [0.29, 0.717) is 36.2 Å². The van der Waals surface area contributed by atoms with Gasteiger partial charge in [-0.3, -0.25) is 4.79 Å². The zero-order chi connectivity index (χ0) is 17.2. The Morgan fingerprint density at radius 2 is 2.08 bits per heavy atom. The van der Waals surface area contributed by atoms with Gasteiger partial charge in [-0.25, -0.2) is 4.68 Å². The van der Waals surface area contributed by atoms with E-state index in [-0.39, 0.29) is 5.91 Å². The van der Waals surface area contributed by atoms with Crippen molar-refractivity contribution in [2.45, 2.75) is 6.42 Å². The van der Waals surface area contributed by atoms with E-state index in [4.69, 9.17) is 10.2 Å². The highest BCUT2D eigenvalue weighted by molar-refractivity contribution is 5.94. The average Bonchev–Trinajstić information content (AvgIpc) is 3.41. The van der Waals surface area contributed by atoms with Crippen LogP contribution in [0.15, 0.2) is 59.2 Å². The number of hydrogen-bond acceptors (Lipinski definition) is 4. The second kappa shape index (κ2) is 6.57. The Balaban J connectivity index is 1.74. The summed E-state index contributed by atoms with van der Waals surface area (Å²) in [4.78, 5) is 14.9. The van der Waals surface area contributed by atoms with Crippen LogP contribution in [0.1, 0.15) is 16.9 Å². The molecule has 1 saturated heterocycles. The minimum absolute atomic E-state index is 0.0230. The van der Waals surface area contributed by atoms with Gasteiger partial charge in [0.2, 0.25) is 0 Å². The smallest absolute Gasteiger partial charge is 0.272 e. The van der Waals surface area contributed by atoms with Gasteiger partial charge in [0, 0.05) is 19.2 Å². The summed E-state index contributed by atoms with van der Waals surface area (Å²) in [5.74, 6) is 0.997. The summed E-state index contributed by atoms with van der Waals surface area (Å²) in [6.45, 7) is 2.04. The summed E-state index contributed by atoms with van der Waals surface area (Å²) < 4.78 is 7.14. The van der Waals surface area contributed by atoms with E-state index < -0.39 is 0 Å². The first kappa shape index (κ1) is 15.7. The van der Waals surface area contributed by atoms with Crippen molar-refractivity contribution in [3.05, 3.63) is 60.5 Å². The second-order valence-corrected chi connectivity index (χ2v) is 6.28. The van der Waals surface area contributed by atoms with E-state index in [1.807, 2.05) is 47.4 Å². The number of aromatic nitrogens is 2. The molecule has 1 amide bonds. The highest BCUT2D eigenvalue weighted by atomic mass is 16.3. The molecule has 6 nitrogen and oxygen atoms in total. The summed E-state index contributed by atoms with van der Waals surface area (Å²) in [5, 5.41) is 4.61. The standard InChI is InChI=1S/C19H20N4O2/c20-12-14-8-9-22(13-14)19(24)17-11-16(18-7-4-10-25-18)21-23(17)15-5-2-1-3-6-15/h1-7,10-11,14H,8-9,12-13,20H2. The molecule has 1 atom stereocenters. The molecule has 128 valence electrons. The minimum atomic E-state index is -0.0230. The first-order chi connectivity index (χ1) is 12.3. The number of rotatable bonds is 4. The molecule has 1 aromatic carbocycles. The van der Waals surface area contributed by atoms with Crippen molar-refractivity contribution >= 4 is 5.91 Å². The molecule has 2 N–H and O–H groups in total. The number of furan rings is 1. The molecule has 2 aromatic heterocycles. The molecule has 0 bridgehead atoms. The molecule has 3 aromatic rings. The quantitative estimate of drug-likeness (QED) is 0.794. The van der Waals surface area contributed by atoms with Crippen LogP contribution in [0.5, 0.6) is 0 Å². The maximum Gasteiger partial charge on any atom is 0.272 e. The van der Waals surface area contributed by atoms with Crippen molar-refractivity contribution in [1.82, 2.24) is 14.7 Å². The number of benzene rings is 1. The Morgan fingerprint density at radius 3 is 2.76 bits per heavy atom.